The lowest BCUT2D eigenvalue weighted by molar-refractivity contribution is 0.377. The molecule has 0 aliphatic carbocycles. The van der Waals surface area contributed by atoms with Gasteiger partial charge < -0.3 is 0 Å². The predicted octanol–water partition coefficient (Wildman–Crippen LogP) is 7.86. The highest BCUT2D eigenvalue weighted by atomic mass is 32.2. The van der Waals surface area contributed by atoms with Crippen molar-refractivity contribution in [3.8, 4) is 0 Å². The van der Waals surface area contributed by atoms with Crippen LogP contribution >= 0.6 is 0 Å². The molecule has 45 heavy (non-hydrogen) atoms. The molecule has 10 heteroatoms. The first-order valence-electron chi connectivity index (χ1n) is 15.2. The van der Waals surface area contributed by atoms with Crippen molar-refractivity contribution < 1.29 is 16.8 Å². The lowest BCUT2D eigenvalue weighted by Gasteiger charge is -2.30. The maximum atomic E-state index is 14.9. The van der Waals surface area contributed by atoms with E-state index < -0.39 is 47.2 Å². The minimum atomic E-state index is -4.22. The number of nitrogens with zero attached hydrogens (tertiary/aromatic N) is 2. The summed E-state index contributed by atoms with van der Waals surface area (Å²) >= 11 is 0. The van der Waals surface area contributed by atoms with Gasteiger partial charge in [0.25, 0.3) is 0 Å². The maximum Gasteiger partial charge on any atom is 0.347 e. The van der Waals surface area contributed by atoms with Crippen LogP contribution in [0.15, 0.2) is 131 Å². The fourth-order valence-electron chi connectivity index (χ4n) is 6.26. The fraction of sp³-hybridized carbons (Fsp3) is 0.257. The van der Waals surface area contributed by atoms with E-state index in [1.54, 1.807) is 48.5 Å². The predicted molar refractivity (Wildman–Crippen MR) is 187 cm³/mol. The number of sulfonamides is 2. The molecule has 0 unspecified atom stereocenters. The first-order chi connectivity index (χ1) is 21.2. The molecular weight excluding hydrogens is 615 g/mol. The number of rotatable bonds is 10. The van der Waals surface area contributed by atoms with E-state index in [0.29, 0.717) is 11.1 Å². The van der Waals surface area contributed by atoms with E-state index >= 15 is 0 Å². The van der Waals surface area contributed by atoms with Gasteiger partial charge in [-0.3, -0.25) is 0 Å². The molecule has 1 aliphatic rings. The van der Waals surface area contributed by atoms with Crippen LogP contribution in [0.5, 0.6) is 0 Å². The molecule has 0 saturated carbocycles. The summed E-state index contributed by atoms with van der Waals surface area (Å²) in [5.74, 6) is 0. The average molecular weight is 657 g/mol. The van der Waals surface area contributed by atoms with Gasteiger partial charge in [0.1, 0.15) is 0 Å². The number of allylic oxidation sites excluding steroid dienone is 1. The number of aryl methyl sites for hydroxylation is 2. The molecular formula is C35H41BN2O4S2Si. The fourth-order valence-corrected chi connectivity index (χ4v) is 11.5. The van der Waals surface area contributed by atoms with Gasteiger partial charge >= 0.3 is 6.98 Å². The second-order valence-electron chi connectivity index (χ2n) is 13.2. The lowest BCUT2D eigenvalue weighted by atomic mass is 9.71. The van der Waals surface area contributed by atoms with Crippen LogP contribution in [0.2, 0.25) is 32.0 Å². The molecule has 4 aromatic carbocycles. The van der Waals surface area contributed by atoms with Gasteiger partial charge in [-0.1, -0.05) is 121 Å². The Labute approximate surface area is 270 Å². The van der Waals surface area contributed by atoms with E-state index in [1.807, 2.05) is 74.5 Å². The van der Waals surface area contributed by atoms with Crippen molar-refractivity contribution in [2.75, 3.05) is 0 Å². The van der Waals surface area contributed by atoms with Crippen LogP contribution in [0, 0.1) is 13.8 Å². The second-order valence-corrected chi connectivity index (χ2v) is 22.3. The standard InChI is InChI=1S/C35H41BN2O4S2Si/c1-27-17-21-32(22-18-27)43(39,40)37-34(30-13-9-7-10-14-30)35(31-15-11-8-12-16-31)38(36(37)25-29(3)26-45(4,5)6)44(41,42)33-23-19-28(2)20-24-33/h7-24,34-35H,3,25-26H2,1-2,4-6H3/t34-,35-/m1/s1. The Hall–Kier alpha value is -3.28. The van der Waals surface area contributed by atoms with Crippen molar-refractivity contribution in [2.45, 2.75) is 67.7 Å². The quantitative estimate of drug-likeness (QED) is 0.129. The summed E-state index contributed by atoms with van der Waals surface area (Å²) in [6.45, 7) is 13.8. The van der Waals surface area contributed by atoms with Crippen molar-refractivity contribution >= 4 is 35.1 Å². The smallest absolute Gasteiger partial charge is 0.211 e. The topological polar surface area (TPSA) is 74.8 Å². The third kappa shape index (κ3) is 6.95. The van der Waals surface area contributed by atoms with Crippen LogP contribution in [-0.2, 0) is 20.0 Å². The first kappa shape index (κ1) is 33.1. The zero-order chi connectivity index (χ0) is 32.6. The van der Waals surface area contributed by atoms with Crippen LogP contribution in [0.25, 0.3) is 0 Å². The summed E-state index contributed by atoms with van der Waals surface area (Å²) in [6.07, 6.45) is 0.174. The lowest BCUT2D eigenvalue weighted by Crippen LogP contribution is -2.49. The zero-order valence-corrected chi connectivity index (χ0v) is 29.2. The Balaban J connectivity index is 1.83. The van der Waals surface area contributed by atoms with E-state index in [4.69, 9.17) is 0 Å². The summed E-state index contributed by atoms with van der Waals surface area (Å²) in [4.78, 5) is 0.243. The Bertz CT molecular complexity index is 1740. The second kappa shape index (κ2) is 12.8. The molecule has 0 amide bonds. The van der Waals surface area contributed by atoms with Gasteiger partial charge in [0.15, 0.2) is 0 Å². The molecule has 6 nitrogen and oxygen atoms in total. The highest BCUT2D eigenvalue weighted by Gasteiger charge is 2.60. The summed E-state index contributed by atoms with van der Waals surface area (Å²) in [5.41, 5.74) is 4.13. The van der Waals surface area contributed by atoms with Gasteiger partial charge in [0, 0.05) is 8.07 Å². The Kier molecular flexibility index (Phi) is 9.45. The molecule has 234 valence electrons. The molecule has 1 saturated heterocycles. The summed E-state index contributed by atoms with van der Waals surface area (Å²) < 4.78 is 62.6. The van der Waals surface area contributed by atoms with Crippen LogP contribution < -0.4 is 0 Å². The van der Waals surface area contributed by atoms with Crippen molar-refractivity contribution in [3.63, 3.8) is 0 Å². The van der Waals surface area contributed by atoms with Crippen molar-refractivity contribution in [1.29, 1.82) is 0 Å². The summed E-state index contributed by atoms with van der Waals surface area (Å²) in [5, 5.41) is 0. The molecule has 5 rings (SSSR count). The van der Waals surface area contributed by atoms with Gasteiger partial charge in [-0.25, -0.2) is 25.3 Å². The number of hydrogen-bond acceptors (Lipinski definition) is 4. The zero-order valence-electron chi connectivity index (χ0n) is 26.6. The Morgan fingerprint density at radius 1 is 0.644 bits per heavy atom. The van der Waals surface area contributed by atoms with Crippen molar-refractivity contribution in [2.24, 2.45) is 0 Å². The minimum absolute atomic E-state index is 0.122. The van der Waals surface area contributed by atoms with Gasteiger partial charge in [0.2, 0.25) is 20.0 Å². The van der Waals surface area contributed by atoms with Gasteiger partial charge in [0.05, 0.1) is 21.9 Å². The Morgan fingerprint density at radius 3 is 1.33 bits per heavy atom. The van der Waals surface area contributed by atoms with E-state index in [9.17, 15) is 16.8 Å². The van der Waals surface area contributed by atoms with E-state index in [0.717, 1.165) is 22.7 Å². The van der Waals surface area contributed by atoms with Gasteiger partial charge in [-0.15, -0.1) is 6.58 Å². The van der Waals surface area contributed by atoms with E-state index in [2.05, 4.69) is 26.2 Å². The molecule has 2 atom stereocenters. The molecule has 0 radical (unpaired) electrons. The summed E-state index contributed by atoms with van der Waals surface area (Å²) in [7, 11) is -10.1. The third-order valence-electron chi connectivity index (χ3n) is 8.16. The van der Waals surface area contributed by atoms with Gasteiger partial charge in [-0.2, -0.15) is 0 Å². The van der Waals surface area contributed by atoms with Crippen LogP contribution in [0.1, 0.15) is 34.3 Å². The highest BCUT2D eigenvalue weighted by molar-refractivity contribution is 7.92. The number of benzene rings is 4. The average Bonchev–Trinajstić information content (AvgIpc) is 3.33. The first-order valence-corrected chi connectivity index (χ1v) is 21.8. The van der Waals surface area contributed by atoms with E-state index in [-0.39, 0.29) is 16.1 Å². The minimum Gasteiger partial charge on any atom is -0.211 e. The van der Waals surface area contributed by atoms with Crippen LogP contribution in [0.4, 0.5) is 0 Å². The van der Waals surface area contributed by atoms with Crippen molar-refractivity contribution in [1.82, 2.24) is 8.43 Å². The SMILES string of the molecule is C=C(CB1N(S(=O)(=O)c2ccc(C)cc2)[C@H](c2ccccc2)[C@@H](c2ccccc2)N1S(=O)(=O)c1ccc(C)cc1)C[Si](C)(C)C. The molecule has 0 bridgehead atoms. The highest BCUT2D eigenvalue weighted by Crippen LogP contribution is 2.52. The third-order valence-corrected chi connectivity index (χ3v) is 13.5. The normalized spacial score (nSPS) is 18.3. The van der Waals surface area contributed by atoms with Gasteiger partial charge in [-0.05, 0) is 61.6 Å². The molecule has 0 aromatic heterocycles. The molecule has 0 spiro atoms. The molecule has 0 N–H and O–H groups in total. The summed E-state index contributed by atoms with van der Waals surface area (Å²) in [6, 6.07) is 31.3. The largest absolute Gasteiger partial charge is 0.347 e. The monoisotopic (exact) mass is 656 g/mol. The van der Waals surface area contributed by atoms with Crippen LogP contribution in [-0.4, -0.2) is 40.3 Å². The number of hydrogen-bond donors (Lipinski definition) is 0. The van der Waals surface area contributed by atoms with Crippen molar-refractivity contribution in [3.05, 3.63) is 144 Å². The molecule has 4 aromatic rings. The molecule has 1 aliphatic heterocycles. The maximum absolute atomic E-state index is 14.9. The molecule has 1 fully saturated rings. The van der Waals surface area contributed by atoms with E-state index in [1.165, 1.54) is 8.43 Å². The molecule has 1 heterocycles. The van der Waals surface area contributed by atoms with Crippen LogP contribution in [0.3, 0.4) is 0 Å². The Morgan fingerprint density at radius 2 is 1.00 bits per heavy atom.